The largest absolute Gasteiger partial charge is 0.344 e. The lowest BCUT2D eigenvalue weighted by atomic mass is 10.1. The predicted octanol–water partition coefficient (Wildman–Crippen LogP) is 3.52. The highest BCUT2D eigenvalue weighted by Crippen LogP contribution is 2.33. The maximum absolute atomic E-state index is 13.2. The van der Waals surface area contributed by atoms with Gasteiger partial charge in [0.15, 0.2) is 0 Å². The van der Waals surface area contributed by atoms with Crippen LogP contribution in [0.5, 0.6) is 0 Å². The first-order valence-corrected chi connectivity index (χ1v) is 9.28. The normalized spacial score (nSPS) is 11.6. The van der Waals surface area contributed by atoms with E-state index in [0.29, 0.717) is 12.2 Å². The lowest BCUT2D eigenvalue weighted by molar-refractivity contribution is 0.657. The molecule has 138 valence electrons. The molecule has 27 heavy (non-hydrogen) atoms. The Labute approximate surface area is 158 Å². The first-order valence-electron chi connectivity index (χ1n) is 9.28. The number of fused-ring (bicyclic) bond motifs is 2. The fraction of sp³-hybridized carbons (Fsp3) is 0.273. The topological polar surface area (TPSA) is 65.8 Å². The van der Waals surface area contributed by atoms with Gasteiger partial charge in [-0.15, -0.1) is 0 Å². The number of aryl methyl sites for hydroxylation is 3. The lowest BCUT2D eigenvalue weighted by Crippen LogP contribution is -2.21. The maximum atomic E-state index is 13.2. The highest BCUT2D eigenvalue weighted by atomic mass is 16.1. The molecule has 0 atom stereocenters. The Morgan fingerprint density at radius 3 is 2.63 bits per heavy atom. The summed E-state index contributed by atoms with van der Waals surface area (Å²) in [4.78, 5) is 18.0. The maximum Gasteiger partial charge on any atom is 0.277 e. The third kappa shape index (κ3) is 2.75. The third-order valence-electron chi connectivity index (χ3n) is 5.29. The van der Waals surface area contributed by atoms with Crippen LogP contribution in [0.1, 0.15) is 17.7 Å². The summed E-state index contributed by atoms with van der Waals surface area (Å²) < 4.78 is 3.95. The van der Waals surface area contributed by atoms with Crippen molar-refractivity contribution in [3.8, 4) is 11.3 Å². The van der Waals surface area contributed by atoms with Gasteiger partial charge in [0.25, 0.3) is 5.56 Å². The standard InChI is InChI=1S/C22H24N4O/c1-14-9-10-19-17(13-14)24-21(22(27)25(19)3)20-15(2)26(12-6-11-23)18-8-5-4-7-16(18)20/h4-5,7-10,13H,6,11-12,23H2,1-3H3. The smallest absolute Gasteiger partial charge is 0.277 e. The van der Waals surface area contributed by atoms with E-state index in [1.54, 1.807) is 4.57 Å². The second kappa shape index (κ2) is 6.67. The molecule has 5 heteroatoms. The summed E-state index contributed by atoms with van der Waals surface area (Å²) in [6.07, 6.45) is 0.890. The van der Waals surface area contributed by atoms with Crippen molar-refractivity contribution in [1.29, 1.82) is 0 Å². The molecule has 2 N–H and O–H groups in total. The first-order chi connectivity index (χ1) is 13.0. The summed E-state index contributed by atoms with van der Waals surface area (Å²) in [5.74, 6) is 0. The molecule has 5 nitrogen and oxygen atoms in total. The summed E-state index contributed by atoms with van der Waals surface area (Å²) >= 11 is 0. The minimum atomic E-state index is -0.0730. The van der Waals surface area contributed by atoms with Crippen LogP contribution >= 0.6 is 0 Å². The van der Waals surface area contributed by atoms with Crippen molar-refractivity contribution in [2.24, 2.45) is 12.8 Å². The minimum Gasteiger partial charge on any atom is -0.344 e. The second-order valence-corrected chi connectivity index (χ2v) is 7.09. The Morgan fingerprint density at radius 2 is 1.85 bits per heavy atom. The van der Waals surface area contributed by atoms with E-state index < -0.39 is 0 Å². The van der Waals surface area contributed by atoms with Gasteiger partial charge >= 0.3 is 0 Å². The molecule has 2 aromatic heterocycles. The molecule has 0 aliphatic carbocycles. The van der Waals surface area contributed by atoms with Gasteiger partial charge in [0.05, 0.1) is 11.0 Å². The molecule has 0 saturated heterocycles. The lowest BCUT2D eigenvalue weighted by Gasteiger charge is -2.10. The van der Waals surface area contributed by atoms with Gasteiger partial charge in [-0.05, 0) is 50.6 Å². The van der Waals surface area contributed by atoms with Crippen molar-refractivity contribution in [2.45, 2.75) is 26.8 Å². The zero-order valence-electron chi connectivity index (χ0n) is 16.0. The van der Waals surface area contributed by atoms with Crippen LogP contribution < -0.4 is 11.3 Å². The number of para-hydroxylation sites is 1. The van der Waals surface area contributed by atoms with E-state index in [1.165, 1.54) is 0 Å². The number of benzene rings is 2. The molecule has 2 heterocycles. The molecule has 0 fully saturated rings. The molecule has 0 saturated carbocycles. The fourth-order valence-corrected chi connectivity index (χ4v) is 3.87. The zero-order chi connectivity index (χ0) is 19.1. The van der Waals surface area contributed by atoms with Crippen LogP contribution in [0.25, 0.3) is 33.2 Å². The average Bonchev–Trinajstić information content (AvgIpc) is 2.94. The number of hydrogen-bond donors (Lipinski definition) is 1. The Hall–Kier alpha value is -2.92. The van der Waals surface area contributed by atoms with E-state index in [1.807, 2.05) is 44.3 Å². The molecule has 4 rings (SSSR count). The molecule has 0 spiro atoms. The molecule has 0 unspecified atom stereocenters. The van der Waals surface area contributed by atoms with Crippen LogP contribution in [0, 0.1) is 13.8 Å². The van der Waals surface area contributed by atoms with Crippen molar-refractivity contribution in [3.05, 3.63) is 64.1 Å². The molecule has 0 aliphatic rings. The average molecular weight is 360 g/mol. The van der Waals surface area contributed by atoms with Gasteiger partial charge < -0.3 is 14.9 Å². The van der Waals surface area contributed by atoms with Gasteiger partial charge in [0, 0.05) is 35.8 Å². The number of hydrogen-bond acceptors (Lipinski definition) is 3. The first kappa shape index (κ1) is 17.5. The minimum absolute atomic E-state index is 0.0730. The van der Waals surface area contributed by atoms with Gasteiger partial charge in [-0.1, -0.05) is 24.3 Å². The van der Waals surface area contributed by atoms with E-state index in [4.69, 9.17) is 10.7 Å². The summed E-state index contributed by atoms with van der Waals surface area (Å²) in [6.45, 7) is 5.57. The number of rotatable bonds is 4. The summed E-state index contributed by atoms with van der Waals surface area (Å²) in [5.41, 5.74) is 12.1. The van der Waals surface area contributed by atoms with E-state index in [2.05, 4.69) is 23.6 Å². The van der Waals surface area contributed by atoms with Crippen LogP contribution in [-0.2, 0) is 13.6 Å². The van der Waals surface area contributed by atoms with Crippen molar-refractivity contribution >= 4 is 21.9 Å². The summed E-state index contributed by atoms with van der Waals surface area (Å²) in [7, 11) is 1.81. The SMILES string of the molecule is Cc1ccc2c(c1)nc(-c1c(C)n(CCCN)c3ccccc13)c(=O)n2C. The predicted molar refractivity (Wildman–Crippen MR) is 111 cm³/mol. The fourth-order valence-electron chi connectivity index (χ4n) is 3.87. The highest BCUT2D eigenvalue weighted by Gasteiger charge is 2.20. The summed E-state index contributed by atoms with van der Waals surface area (Å²) in [5, 5.41) is 1.06. The van der Waals surface area contributed by atoms with Crippen LogP contribution in [0.2, 0.25) is 0 Å². The quantitative estimate of drug-likeness (QED) is 0.605. The van der Waals surface area contributed by atoms with Crippen LogP contribution in [0.15, 0.2) is 47.3 Å². The Bertz CT molecular complexity index is 1220. The molecular formula is C22H24N4O. The molecule has 2 aromatic carbocycles. The zero-order valence-corrected chi connectivity index (χ0v) is 16.0. The Kier molecular flexibility index (Phi) is 4.32. The Balaban J connectivity index is 2.07. The number of aromatic nitrogens is 3. The molecule has 0 radical (unpaired) electrons. The van der Waals surface area contributed by atoms with Crippen LogP contribution in [0.4, 0.5) is 0 Å². The van der Waals surface area contributed by atoms with Crippen LogP contribution in [0.3, 0.4) is 0 Å². The summed E-state index contributed by atoms with van der Waals surface area (Å²) in [6, 6.07) is 14.2. The molecule has 0 bridgehead atoms. The number of nitrogens with zero attached hydrogens (tertiary/aromatic N) is 3. The van der Waals surface area contributed by atoms with E-state index in [0.717, 1.165) is 51.7 Å². The third-order valence-corrected chi connectivity index (χ3v) is 5.29. The van der Waals surface area contributed by atoms with Crippen molar-refractivity contribution in [3.63, 3.8) is 0 Å². The van der Waals surface area contributed by atoms with Crippen molar-refractivity contribution < 1.29 is 0 Å². The molecule has 0 aliphatic heterocycles. The van der Waals surface area contributed by atoms with E-state index in [9.17, 15) is 4.79 Å². The Morgan fingerprint density at radius 1 is 1.07 bits per heavy atom. The van der Waals surface area contributed by atoms with E-state index >= 15 is 0 Å². The van der Waals surface area contributed by atoms with Crippen LogP contribution in [-0.4, -0.2) is 20.7 Å². The second-order valence-electron chi connectivity index (χ2n) is 7.09. The molecule has 0 amide bonds. The molecule has 4 aromatic rings. The highest BCUT2D eigenvalue weighted by molar-refractivity contribution is 5.97. The van der Waals surface area contributed by atoms with Gasteiger partial charge in [-0.2, -0.15) is 0 Å². The van der Waals surface area contributed by atoms with E-state index in [-0.39, 0.29) is 5.56 Å². The van der Waals surface area contributed by atoms with Gasteiger partial charge in [-0.25, -0.2) is 4.98 Å². The van der Waals surface area contributed by atoms with Crippen molar-refractivity contribution in [2.75, 3.05) is 6.54 Å². The van der Waals surface area contributed by atoms with Gasteiger partial charge in [0.2, 0.25) is 0 Å². The monoisotopic (exact) mass is 360 g/mol. The molecular weight excluding hydrogens is 336 g/mol. The van der Waals surface area contributed by atoms with Gasteiger partial charge in [0.1, 0.15) is 5.69 Å². The van der Waals surface area contributed by atoms with Gasteiger partial charge in [-0.3, -0.25) is 4.79 Å². The van der Waals surface area contributed by atoms with Crippen molar-refractivity contribution in [1.82, 2.24) is 14.1 Å². The number of nitrogens with two attached hydrogens (primary N) is 1.